The SMILES string of the molecule is CCCc1c(OCc2ccc(/C=C3\SC(=S)NC3=O)cc2)ccc(C(=O)OC)c1O. The Morgan fingerprint density at radius 2 is 1.97 bits per heavy atom. The van der Waals surface area contributed by atoms with Crippen LogP contribution >= 0.6 is 24.0 Å². The number of carbonyl (C=O) groups excluding carboxylic acids is 2. The summed E-state index contributed by atoms with van der Waals surface area (Å²) in [5.74, 6) is -0.346. The first kappa shape index (κ1) is 21.9. The van der Waals surface area contributed by atoms with Crippen LogP contribution in [0.25, 0.3) is 6.08 Å². The summed E-state index contributed by atoms with van der Waals surface area (Å²) in [4.78, 5) is 24.1. The van der Waals surface area contributed by atoms with Crippen LogP contribution < -0.4 is 10.1 Å². The Morgan fingerprint density at radius 1 is 1.23 bits per heavy atom. The number of hydrogen-bond acceptors (Lipinski definition) is 7. The van der Waals surface area contributed by atoms with E-state index in [1.54, 1.807) is 12.1 Å². The van der Waals surface area contributed by atoms with Crippen molar-refractivity contribution < 1.29 is 24.2 Å². The predicted molar refractivity (Wildman–Crippen MR) is 121 cm³/mol. The van der Waals surface area contributed by atoms with E-state index in [1.165, 1.54) is 24.9 Å². The molecule has 0 bridgehead atoms. The molecule has 156 valence electrons. The van der Waals surface area contributed by atoms with E-state index in [0.717, 1.165) is 17.5 Å². The van der Waals surface area contributed by atoms with Crippen LogP contribution in [0.15, 0.2) is 41.3 Å². The van der Waals surface area contributed by atoms with E-state index in [1.807, 2.05) is 31.2 Å². The van der Waals surface area contributed by atoms with Crippen LogP contribution in [0.4, 0.5) is 0 Å². The van der Waals surface area contributed by atoms with Gasteiger partial charge in [-0.15, -0.1) is 0 Å². The molecule has 2 N–H and O–H groups in total. The first-order valence-corrected chi connectivity index (χ1v) is 10.5. The number of hydrogen-bond donors (Lipinski definition) is 2. The van der Waals surface area contributed by atoms with Crippen molar-refractivity contribution in [3.8, 4) is 11.5 Å². The number of ether oxygens (including phenoxy) is 2. The van der Waals surface area contributed by atoms with Gasteiger partial charge in [0.05, 0.1) is 12.0 Å². The van der Waals surface area contributed by atoms with E-state index in [2.05, 4.69) is 5.32 Å². The second-order valence-electron chi connectivity index (χ2n) is 6.56. The van der Waals surface area contributed by atoms with Gasteiger partial charge in [-0.05, 0) is 35.8 Å². The first-order chi connectivity index (χ1) is 14.4. The van der Waals surface area contributed by atoms with Gasteiger partial charge in [0, 0.05) is 5.56 Å². The highest BCUT2D eigenvalue weighted by molar-refractivity contribution is 8.26. The summed E-state index contributed by atoms with van der Waals surface area (Å²) in [6, 6.07) is 10.8. The molecule has 0 aliphatic carbocycles. The average molecular weight is 444 g/mol. The van der Waals surface area contributed by atoms with Gasteiger partial charge in [0.15, 0.2) is 0 Å². The minimum atomic E-state index is -0.587. The van der Waals surface area contributed by atoms with Gasteiger partial charge in [0.25, 0.3) is 5.91 Å². The molecule has 0 radical (unpaired) electrons. The average Bonchev–Trinajstić information content (AvgIpc) is 3.05. The molecule has 1 amide bonds. The monoisotopic (exact) mass is 443 g/mol. The van der Waals surface area contributed by atoms with Gasteiger partial charge in [0.1, 0.15) is 28.0 Å². The lowest BCUT2D eigenvalue weighted by Gasteiger charge is -2.15. The molecular formula is C22H21NO5S2. The van der Waals surface area contributed by atoms with E-state index in [9.17, 15) is 14.7 Å². The van der Waals surface area contributed by atoms with Gasteiger partial charge >= 0.3 is 5.97 Å². The first-order valence-electron chi connectivity index (χ1n) is 9.32. The molecule has 0 unspecified atom stereocenters. The Hall–Kier alpha value is -2.84. The third kappa shape index (κ3) is 5.01. The third-order valence-corrected chi connectivity index (χ3v) is 5.62. The molecule has 2 aromatic rings. The molecule has 0 atom stereocenters. The lowest BCUT2D eigenvalue weighted by atomic mass is 10.0. The van der Waals surface area contributed by atoms with Crippen molar-refractivity contribution in [2.75, 3.05) is 7.11 Å². The Morgan fingerprint density at radius 3 is 2.57 bits per heavy atom. The number of methoxy groups -OCH3 is 1. The molecule has 2 aromatic carbocycles. The van der Waals surface area contributed by atoms with Crippen LogP contribution in [-0.4, -0.2) is 28.4 Å². The fourth-order valence-corrected chi connectivity index (χ4v) is 4.01. The summed E-state index contributed by atoms with van der Waals surface area (Å²) in [6.07, 6.45) is 3.14. The molecule has 8 heteroatoms. The molecule has 1 aliphatic rings. The predicted octanol–water partition coefficient (Wildman–Crippen LogP) is 4.20. The molecule has 1 fully saturated rings. The van der Waals surface area contributed by atoms with Crippen molar-refractivity contribution in [1.82, 2.24) is 5.32 Å². The largest absolute Gasteiger partial charge is 0.507 e. The lowest BCUT2D eigenvalue weighted by Crippen LogP contribution is -2.17. The van der Waals surface area contributed by atoms with Crippen molar-refractivity contribution in [2.24, 2.45) is 0 Å². The quantitative estimate of drug-likeness (QED) is 0.377. The Bertz CT molecular complexity index is 1010. The number of benzene rings is 2. The maximum absolute atomic E-state index is 11.8. The van der Waals surface area contributed by atoms with Crippen LogP contribution in [0.1, 0.15) is 40.4 Å². The number of esters is 1. The maximum Gasteiger partial charge on any atom is 0.341 e. The van der Waals surface area contributed by atoms with Gasteiger partial charge in [-0.1, -0.05) is 61.6 Å². The van der Waals surface area contributed by atoms with Crippen molar-refractivity contribution >= 4 is 46.3 Å². The summed E-state index contributed by atoms with van der Waals surface area (Å²) >= 11 is 6.23. The second kappa shape index (κ2) is 9.77. The molecule has 0 aromatic heterocycles. The van der Waals surface area contributed by atoms with Crippen LogP contribution in [0.2, 0.25) is 0 Å². The highest BCUT2D eigenvalue weighted by Gasteiger charge is 2.22. The van der Waals surface area contributed by atoms with Gasteiger partial charge < -0.3 is 19.9 Å². The van der Waals surface area contributed by atoms with E-state index in [-0.39, 0.29) is 17.2 Å². The minimum absolute atomic E-state index is 0.103. The van der Waals surface area contributed by atoms with Crippen LogP contribution in [-0.2, 0) is 22.6 Å². The second-order valence-corrected chi connectivity index (χ2v) is 8.28. The van der Waals surface area contributed by atoms with Crippen molar-refractivity contribution in [3.05, 3.63) is 63.6 Å². The van der Waals surface area contributed by atoms with E-state index < -0.39 is 5.97 Å². The van der Waals surface area contributed by atoms with Gasteiger partial charge in [-0.2, -0.15) is 0 Å². The summed E-state index contributed by atoms with van der Waals surface area (Å²) in [6.45, 7) is 2.28. The molecule has 0 spiro atoms. The number of phenols is 1. The Balaban J connectivity index is 1.73. The number of nitrogens with one attached hydrogen (secondary N) is 1. The lowest BCUT2D eigenvalue weighted by molar-refractivity contribution is -0.115. The smallest absolute Gasteiger partial charge is 0.341 e. The summed E-state index contributed by atoms with van der Waals surface area (Å²) in [7, 11) is 1.28. The van der Waals surface area contributed by atoms with E-state index in [4.69, 9.17) is 21.7 Å². The number of thioether (sulfide) groups is 1. The van der Waals surface area contributed by atoms with E-state index in [0.29, 0.717) is 33.6 Å². The van der Waals surface area contributed by atoms with Gasteiger partial charge in [-0.25, -0.2) is 4.79 Å². The zero-order valence-electron chi connectivity index (χ0n) is 16.6. The molecule has 3 rings (SSSR count). The fraction of sp³-hybridized carbons (Fsp3) is 0.227. The van der Waals surface area contributed by atoms with Crippen molar-refractivity contribution in [1.29, 1.82) is 0 Å². The summed E-state index contributed by atoms with van der Waals surface area (Å²) in [5.41, 5.74) is 2.52. The number of thiocarbonyl (C=S) groups is 1. The van der Waals surface area contributed by atoms with Crippen LogP contribution in [0.5, 0.6) is 11.5 Å². The maximum atomic E-state index is 11.8. The Kier molecular flexibility index (Phi) is 7.12. The Labute approximate surface area is 184 Å². The molecule has 1 aliphatic heterocycles. The zero-order valence-corrected chi connectivity index (χ0v) is 18.2. The molecule has 1 heterocycles. The normalized spacial score (nSPS) is 14.7. The van der Waals surface area contributed by atoms with Crippen molar-refractivity contribution in [2.45, 2.75) is 26.4 Å². The highest BCUT2D eigenvalue weighted by Crippen LogP contribution is 2.33. The van der Waals surface area contributed by atoms with Gasteiger partial charge in [0.2, 0.25) is 0 Å². The molecular weight excluding hydrogens is 422 g/mol. The standard InChI is InChI=1S/C22H21NO5S2/c1-3-4-15-17(10-9-16(19(15)24)21(26)27-2)28-12-14-7-5-13(6-8-14)11-18-20(25)23-22(29)30-18/h5-11,24H,3-4,12H2,1-2H3,(H,23,25,29)/b18-11-. The topological polar surface area (TPSA) is 84.9 Å². The molecule has 0 saturated carbocycles. The summed E-state index contributed by atoms with van der Waals surface area (Å²) < 4.78 is 11.1. The highest BCUT2D eigenvalue weighted by atomic mass is 32.2. The third-order valence-electron chi connectivity index (χ3n) is 4.46. The molecule has 6 nitrogen and oxygen atoms in total. The fourth-order valence-electron chi connectivity index (χ4n) is 2.96. The zero-order chi connectivity index (χ0) is 21.7. The number of amides is 1. The van der Waals surface area contributed by atoms with E-state index >= 15 is 0 Å². The van der Waals surface area contributed by atoms with Crippen LogP contribution in [0.3, 0.4) is 0 Å². The van der Waals surface area contributed by atoms with Crippen molar-refractivity contribution in [3.63, 3.8) is 0 Å². The molecule has 1 saturated heterocycles. The number of aromatic hydroxyl groups is 1. The van der Waals surface area contributed by atoms with Crippen LogP contribution in [0, 0.1) is 0 Å². The number of phenolic OH excluding ortho intramolecular Hbond substituents is 1. The van der Waals surface area contributed by atoms with Gasteiger partial charge in [-0.3, -0.25) is 4.79 Å². The minimum Gasteiger partial charge on any atom is -0.507 e. The summed E-state index contributed by atoms with van der Waals surface area (Å²) in [5, 5.41) is 13.1. The molecule has 30 heavy (non-hydrogen) atoms. The number of rotatable bonds is 7. The number of carbonyl (C=O) groups is 2.